The summed E-state index contributed by atoms with van der Waals surface area (Å²) in [5, 5.41) is 0.850. The number of nitrogens with zero attached hydrogens (tertiary/aromatic N) is 4. The molecule has 9 heteroatoms. The van der Waals surface area contributed by atoms with E-state index in [2.05, 4.69) is 49.7 Å². The quantitative estimate of drug-likeness (QED) is 0.567. The summed E-state index contributed by atoms with van der Waals surface area (Å²) >= 11 is 5.94. The van der Waals surface area contributed by atoms with Crippen molar-refractivity contribution in [3.63, 3.8) is 0 Å². The molecule has 124 valence electrons. The zero-order valence-electron chi connectivity index (χ0n) is 12.7. The van der Waals surface area contributed by atoms with E-state index in [0.29, 0.717) is 24.4 Å². The third kappa shape index (κ3) is 2.87. The number of imidazole rings is 1. The van der Waals surface area contributed by atoms with Crippen molar-refractivity contribution in [2.75, 3.05) is 18.0 Å². The third-order valence-corrected chi connectivity index (χ3v) is 7.23. The van der Waals surface area contributed by atoms with Gasteiger partial charge in [0.1, 0.15) is 6.33 Å². The second-order valence-corrected chi connectivity index (χ2v) is 8.66. The van der Waals surface area contributed by atoms with Gasteiger partial charge >= 0.3 is 0 Å². The van der Waals surface area contributed by atoms with E-state index in [1.54, 1.807) is 11.8 Å². The highest BCUT2D eigenvalue weighted by atomic mass is 127. The van der Waals surface area contributed by atoms with Crippen molar-refractivity contribution in [2.24, 2.45) is 5.73 Å². The van der Waals surface area contributed by atoms with Gasteiger partial charge in [0, 0.05) is 32.2 Å². The van der Waals surface area contributed by atoms with Gasteiger partial charge in [-0.15, -0.1) is 11.8 Å². The molecule has 0 fully saturated rings. The van der Waals surface area contributed by atoms with Crippen LogP contribution in [0.1, 0.15) is 5.56 Å². The lowest BCUT2D eigenvalue weighted by molar-refractivity contribution is 0.657. The minimum absolute atomic E-state index is 0.400. The molecule has 0 atom stereocenters. The van der Waals surface area contributed by atoms with Crippen LogP contribution in [-0.4, -0.2) is 31.8 Å². The highest BCUT2D eigenvalue weighted by molar-refractivity contribution is 14.1. The number of aromatic nitrogens is 4. The molecule has 0 bridgehead atoms. The van der Waals surface area contributed by atoms with Gasteiger partial charge in [-0.3, -0.25) is 0 Å². The van der Waals surface area contributed by atoms with Crippen LogP contribution in [-0.2, 0) is 13.0 Å². The average Bonchev–Trinajstić information content (AvgIpc) is 3.14. The zero-order chi connectivity index (χ0) is 16.7. The molecule has 0 spiro atoms. The molecule has 3 aromatic rings. The van der Waals surface area contributed by atoms with Gasteiger partial charge in [0.2, 0.25) is 0 Å². The number of aryl methyl sites for hydroxylation is 1. The number of anilines is 1. The Morgan fingerprint density at radius 1 is 1.33 bits per heavy atom. The molecule has 0 aliphatic carbocycles. The third-order valence-electron chi connectivity index (χ3n) is 3.82. The number of thioether (sulfide) groups is 1. The second kappa shape index (κ2) is 6.70. The van der Waals surface area contributed by atoms with Crippen molar-refractivity contribution < 1.29 is 0 Å². The summed E-state index contributed by atoms with van der Waals surface area (Å²) in [6, 6.07) is 4.54. The molecule has 4 N–H and O–H groups in total. The van der Waals surface area contributed by atoms with Gasteiger partial charge < -0.3 is 16.0 Å². The molecule has 2 aromatic heterocycles. The highest BCUT2D eigenvalue weighted by Crippen LogP contribution is 2.40. The molecule has 0 unspecified atom stereocenters. The summed E-state index contributed by atoms with van der Waals surface area (Å²) < 4.78 is 3.26. The Morgan fingerprint density at radius 3 is 3.04 bits per heavy atom. The SMILES string of the molecule is NCCn1c(Sc2cc3c(cc2I)CCS3)nc2c(N)ncnc21. The van der Waals surface area contributed by atoms with Gasteiger partial charge in [0.25, 0.3) is 0 Å². The van der Waals surface area contributed by atoms with E-state index >= 15 is 0 Å². The van der Waals surface area contributed by atoms with Gasteiger partial charge in [0.15, 0.2) is 22.1 Å². The van der Waals surface area contributed by atoms with E-state index in [1.807, 2.05) is 16.3 Å². The summed E-state index contributed by atoms with van der Waals surface area (Å²) in [5.74, 6) is 1.56. The predicted octanol–water partition coefficient (Wildman–Crippen LogP) is 2.77. The van der Waals surface area contributed by atoms with Crippen molar-refractivity contribution in [3.05, 3.63) is 27.6 Å². The van der Waals surface area contributed by atoms with Crippen LogP contribution in [0, 0.1) is 3.57 Å². The zero-order valence-corrected chi connectivity index (χ0v) is 16.5. The standard InChI is InChI=1S/C15H15IN6S2/c16-9-5-8-1-4-23-10(8)6-11(9)24-15-21-12-13(18)19-7-20-14(12)22(15)3-2-17/h5-7H,1-4,17H2,(H2,18,19,20). The molecule has 1 aliphatic rings. The Balaban J connectivity index is 1.80. The van der Waals surface area contributed by atoms with Crippen LogP contribution < -0.4 is 11.5 Å². The fourth-order valence-corrected chi connectivity index (χ4v) is 5.68. The van der Waals surface area contributed by atoms with E-state index in [9.17, 15) is 0 Å². The number of nitrogen functional groups attached to an aromatic ring is 1. The molecule has 0 radical (unpaired) electrons. The minimum Gasteiger partial charge on any atom is -0.382 e. The Labute approximate surface area is 161 Å². The van der Waals surface area contributed by atoms with Crippen molar-refractivity contribution >= 4 is 63.1 Å². The Bertz CT molecular complexity index is 926. The van der Waals surface area contributed by atoms with E-state index in [0.717, 1.165) is 23.0 Å². The van der Waals surface area contributed by atoms with Crippen LogP contribution >= 0.6 is 46.1 Å². The monoisotopic (exact) mass is 470 g/mol. The van der Waals surface area contributed by atoms with Crippen molar-refractivity contribution in [1.29, 1.82) is 0 Å². The highest BCUT2D eigenvalue weighted by Gasteiger charge is 2.19. The average molecular weight is 470 g/mol. The van der Waals surface area contributed by atoms with E-state index < -0.39 is 0 Å². The van der Waals surface area contributed by atoms with Crippen LogP contribution in [0.25, 0.3) is 11.2 Å². The number of rotatable bonds is 4. The fourth-order valence-electron chi connectivity index (χ4n) is 2.70. The van der Waals surface area contributed by atoms with E-state index in [1.165, 1.54) is 25.3 Å². The number of fused-ring (bicyclic) bond motifs is 2. The van der Waals surface area contributed by atoms with Gasteiger partial charge in [0.05, 0.1) is 0 Å². The van der Waals surface area contributed by atoms with Crippen LogP contribution in [0.4, 0.5) is 5.82 Å². The topological polar surface area (TPSA) is 95.6 Å². The second-order valence-electron chi connectivity index (χ2n) is 5.36. The first kappa shape index (κ1) is 16.4. The van der Waals surface area contributed by atoms with Crippen molar-refractivity contribution in [1.82, 2.24) is 19.5 Å². The van der Waals surface area contributed by atoms with Crippen LogP contribution in [0.15, 0.2) is 33.4 Å². The maximum absolute atomic E-state index is 5.96. The van der Waals surface area contributed by atoms with Gasteiger partial charge in [-0.05, 0) is 46.7 Å². The number of hydrogen-bond donors (Lipinski definition) is 2. The number of hydrogen-bond acceptors (Lipinski definition) is 7. The molecule has 24 heavy (non-hydrogen) atoms. The maximum Gasteiger partial charge on any atom is 0.175 e. The summed E-state index contributed by atoms with van der Waals surface area (Å²) in [6.45, 7) is 1.16. The maximum atomic E-state index is 5.96. The summed E-state index contributed by atoms with van der Waals surface area (Å²) in [5.41, 5.74) is 14.6. The van der Waals surface area contributed by atoms with Crippen LogP contribution in [0.3, 0.4) is 0 Å². The molecule has 6 nitrogen and oxygen atoms in total. The van der Waals surface area contributed by atoms with Crippen molar-refractivity contribution in [3.8, 4) is 0 Å². The largest absolute Gasteiger partial charge is 0.382 e. The first-order chi connectivity index (χ1) is 11.7. The molecular formula is C15H15IN6S2. The van der Waals surface area contributed by atoms with Gasteiger partial charge in [-0.2, -0.15) is 0 Å². The Kier molecular flexibility index (Phi) is 4.58. The molecule has 1 aromatic carbocycles. The van der Waals surface area contributed by atoms with E-state index in [-0.39, 0.29) is 0 Å². The molecular weight excluding hydrogens is 455 g/mol. The Morgan fingerprint density at radius 2 is 2.21 bits per heavy atom. The molecule has 4 rings (SSSR count). The van der Waals surface area contributed by atoms with E-state index in [4.69, 9.17) is 11.5 Å². The number of nitrogens with two attached hydrogens (primary N) is 2. The summed E-state index contributed by atoms with van der Waals surface area (Å²) in [7, 11) is 0. The van der Waals surface area contributed by atoms with Gasteiger partial charge in [-0.25, -0.2) is 15.0 Å². The lowest BCUT2D eigenvalue weighted by Gasteiger charge is -2.09. The lowest BCUT2D eigenvalue weighted by Crippen LogP contribution is -2.11. The number of halogens is 1. The first-order valence-electron chi connectivity index (χ1n) is 7.47. The lowest BCUT2D eigenvalue weighted by atomic mass is 10.2. The normalized spacial score (nSPS) is 13.6. The summed E-state index contributed by atoms with van der Waals surface area (Å²) in [6.07, 6.45) is 2.62. The van der Waals surface area contributed by atoms with Crippen molar-refractivity contribution in [2.45, 2.75) is 27.9 Å². The Hall–Kier alpha value is -1.04. The molecule has 3 heterocycles. The summed E-state index contributed by atoms with van der Waals surface area (Å²) in [4.78, 5) is 15.6. The smallest absolute Gasteiger partial charge is 0.175 e. The molecule has 0 saturated carbocycles. The molecule has 0 saturated heterocycles. The first-order valence-corrected chi connectivity index (χ1v) is 10.4. The van der Waals surface area contributed by atoms with Crippen LogP contribution in [0.2, 0.25) is 0 Å². The molecule has 1 aliphatic heterocycles. The molecule has 0 amide bonds. The van der Waals surface area contributed by atoms with Crippen LogP contribution in [0.5, 0.6) is 0 Å². The fraction of sp³-hybridized carbons (Fsp3) is 0.267. The predicted molar refractivity (Wildman–Crippen MR) is 106 cm³/mol. The minimum atomic E-state index is 0.400. The number of benzene rings is 1. The van der Waals surface area contributed by atoms with Gasteiger partial charge in [-0.1, -0.05) is 11.8 Å².